The zero-order valence-corrected chi connectivity index (χ0v) is 20.5. The number of nitrogens with one attached hydrogen (secondary N) is 1. The monoisotopic (exact) mass is 537 g/mol. The van der Waals surface area contributed by atoms with Gasteiger partial charge in [0, 0.05) is 43.8 Å². The highest BCUT2D eigenvalue weighted by atomic mass is 127. The number of benzene rings is 1. The second kappa shape index (κ2) is 10.8. The zero-order valence-electron chi connectivity index (χ0n) is 17.4. The largest absolute Gasteiger partial charge is 0.368 e. The first kappa shape index (κ1) is 22.5. The van der Waals surface area contributed by atoms with Crippen molar-refractivity contribution < 1.29 is 0 Å². The van der Waals surface area contributed by atoms with Gasteiger partial charge in [0.1, 0.15) is 12.4 Å². The molecule has 0 atom stereocenters. The van der Waals surface area contributed by atoms with E-state index in [9.17, 15) is 0 Å². The summed E-state index contributed by atoms with van der Waals surface area (Å²) in [6.45, 7) is 7.08. The minimum absolute atomic E-state index is 0. The standard InChI is InChI=1S/C21H27N7S.HI/c1-17-24-25-20(26(17)2)16-23-21(22-15-19-9-6-14-29-19)28-12-10-27(11-13-28)18-7-4-3-5-8-18;/h3-9,14H,10-13,15-16H2,1-2H3,(H,22,23);1H. The number of aryl methyl sites for hydroxylation is 1. The van der Waals surface area contributed by atoms with Crippen LogP contribution in [0.2, 0.25) is 0 Å². The van der Waals surface area contributed by atoms with E-state index in [4.69, 9.17) is 4.99 Å². The van der Waals surface area contributed by atoms with Crippen LogP contribution < -0.4 is 10.2 Å². The first-order valence-electron chi connectivity index (χ1n) is 9.91. The van der Waals surface area contributed by atoms with E-state index in [0.29, 0.717) is 6.54 Å². The van der Waals surface area contributed by atoms with Crippen molar-refractivity contribution in [2.45, 2.75) is 20.0 Å². The maximum absolute atomic E-state index is 4.88. The molecule has 1 fully saturated rings. The van der Waals surface area contributed by atoms with Crippen LogP contribution in [0.1, 0.15) is 16.5 Å². The van der Waals surface area contributed by atoms with Gasteiger partial charge in [-0.1, -0.05) is 24.3 Å². The first-order valence-corrected chi connectivity index (χ1v) is 10.8. The van der Waals surface area contributed by atoms with Crippen molar-refractivity contribution in [3.05, 3.63) is 64.4 Å². The van der Waals surface area contributed by atoms with Crippen LogP contribution in [0, 0.1) is 6.92 Å². The molecule has 1 aliphatic heterocycles. The Morgan fingerprint density at radius 1 is 1.07 bits per heavy atom. The molecule has 0 saturated carbocycles. The second-order valence-corrected chi connectivity index (χ2v) is 8.14. The van der Waals surface area contributed by atoms with Gasteiger partial charge < -0.3 is 19.7 Å². The SMILES string of the molecule is Cc1nnc(CN=C(NCc2cccs2)N2CCN(c3ccccc3)CC2)n1C.I. The number of aliphatic imine (C=N–C) groups is 1. The molecule has 9 heteroatoms. The third kappa shape index (κ3) is 5.51. The van der Waals surface area contributed by atoms with Crippen molar-refractivity contribution in [2.75, 3.05) is 31.1 Å². The Balaban J connectivity index is 0.00000256. The normalized spacial score (nSPS) is 14.5. The van der Waals surface area contributed by atoms with Gasteiger partial charge in [0.25, 0.3) is 0 Å². The first-order chi connectivity index (χ1) is 14.2. The second-order valence-electron chi connectivity index (χ2n) is 7.10. The van der Waals surface area contributed by atoms with Crippen molar-refractivity contribution >= 4 is 47.0 Å². The molecule has 3 aromatic rings. The molecular formula is C21H28IN7S. The van der Waals surface area contributed by atoms with E-state index in [1.807, 2.05) is 18.5 Å². The molecule has 0 spiro atoms. The van der Waals surface area contributed by atoms with Gasteiger partial charge in [-0.15, -0.1) is 45.5 Å². The van der Waals surface area contributed by atoms with Crippen LogP contribution in [-0.2, 0) is 20.1 Å². The summed E-state index contributed by atoms with van der Waals surface area (Å²) < 4.78 is 1.99. The highest BCUT2D eigenvalue weighted by molar-refractivity contribution is 14.0. The van der Waals surface area contributed by atoms with Crippen molar-refractivity contribution in [1.82, 2.24) is 25.0 Å². The summed E-state index contributed by atoms with van der Waals surface area (Å²) in [4.78, 5) is 11.0. The molecule has 0 amide bonds. The molecular weight excluding hydrogens is 509 g/mol. The number of hydrogen-bond donors (Lipinski definition) is 1. The maximum Gasteiger partial charge on any atom is 0.194 e. The number of rotatable bonds is 5. The summed E-state index contributed by atoms with van der Waals surface area (Å²) in [6.07, 6.45) is 0. The van der Waals surface area contributed by atoms with Crippen LogP contribution in [0.4, 0.5) is 5.69 Å². The van der Waals surface area contributed by atoms with Crippen LogP contribution in [0.3, 0.4) is 0 Å². The van der Waals surface area contributed by atoms with Crippen molar-refractivity contribution in [3.8, 4) is 0 Å². The average Bonchev–Trinajstić information content (AvgIpc) is 3.40. The number of piperazine rings is 1. The molecule has 1 N–H and O–H groups in total. The summed E-state index contributed by atoms with van der Waals surface area (Å²) >= 11 is 1.76. The number of guanidine groups is 1. The Labute approximate surface area is 198 Å². The van der Waals surface area contributed by atoms with Gasteiger partial charge in [0.05, 0.1) is 6.54 Å². The number of anilines is 1. The van der Waals surface area contributed by atoms with Gasteiger partial charge in [-0.25, -0.2) is 4.99 Å². The molecule has 7 nitrogen and oxygen atoms in total. The number of para-hydroxylation sites is 1. The van der Waals surface area contributed by atoms with Gasteiger partial charge in [0.2, 0.25) is 0 Å². The number of nitrogens with zero attached hydrogens (tertiary/aromatic N) is 6. The topological polar surface area (TPSA) is 61.6 Å². The van der Waals surface area contributed by atoms with E-state index in [1.165, 1.54) is 10.6 Å². The molecule has 30 heavy (non-hydrogen) atoms. The molecule has 1 saturated heterocycles. The maximum atomic E-state index is 4.88. The Kier molecular flexibility index (Phi) is 8.08. The minimum Gasteiger partial charge on any atom is -0.368 e. The van der Waals surface area contributed by atoms with Crippen LogP contribution in [0.5, 0.6) is 0 Å². The lowest BCUT2D eigenvalue weighted by Crippen LogP contribution is -2.52. The quantitative estimate of drug-likeness (QED) is 0.308. The Hall–Kier alpha value is -2.14. The lowest BCUT2D eigenvalue weighted by molar-refractivity contribution is 0.371. The summed E-state index contributed by atoms with van der Waals surface area (Å²) in [5.41, 5.74) is 1.28. The third-order valence-corrected chi connectivity index (χ3v) is 6.13. The molecule has 3 heterocycles. The molecule has 1 aliphatic rings. The molecule has 0 radical (unpaired) electrons. The number of aromatic nitrogens is 3. The fourth-order valence-electron chi connectivity index (χ4n) is 3.40. The number of thiophene rings is 1. The molecule has 1 aromatic carbocycles. The van der Waals surface area contributed by atoms with E-state index >= 15 is 0 Å². The third-order valence-electron chi connectivity index (χ3n) is 5.25. The van der Waals surface area contributed by atoms with Gasteiger partial charge in [0.15, 0.2) is 11.8 Å². The Morgan fingerprint density at radius 2 is 1.83 bits per heavy atom. The lowest BCUT2D eigenvalue weighted by Gasteiger charge is -2.37. The molecule has 4 rings (SSSR count). The van der Waals surface area contributed by atoms with Gasteiger partial charge in [-0.3, -0.25) is 0 Å². The minimum atomic E-state index is 0. The zero-order chi connectivity index (χ0) is 20.1. The molecule has 0 unspecified atom stereocenters. The summed E-state index contributed by atoms with van der Waals surface area (Å²) in [5, 5.41) is 14.0. The fourth-order valence-corrected chi connectivity index (χ4v) is 4.04. The van der Waals surface area contributed by atoms with E-state index in [2.05, 4.69) is 73.2 Å². The van der Waals surface area contributed by atoms with Gasteiger partial charge in [-0.2, -0.15) is 0 Å². The number of halogens is 1. The van der Waals surface area contributed by atoms with Crippen LogP contribution in [-0.4, -0.2) is 51.8 Å². The molecule has 0 bridgehead atoms. The van der Waals surface area contributed by atoms with E-state index in [0.717, 1.165) is 50.3 Å². The highest BCUT2D eigenvalue weighted by Gasteiger charge is 2.20. The lowest BCUT2D eigenvalue weighted by atomic mass is 10.2. The van der Waals surface area contributed by atoms with Gasteiger partial charge in [-0.05, 0) is 30.5 Å². The number of hydrogen-bond acceptors (Lipinski definition) is 5. The predicted octanol–water partition coefficient (Wildman–Crippen LogP) is 3.27. The van der Waals surface area contributed by atoms with Crippen LogP contribution >= 0.6 is 35.3 Å². The van der Waals surface area contributed by atoms with Crippen LogP contribution in [0.25, 0.3) is 0 Å². The summed E-state index contributed by atoms with van der Waals surface area (Å²) in [7, 11) is 1.98. The summed E-state index contributed by atoms with van der Waals surface area (Å²) in [6, 6.07) is 14.8. The van der Waals surface area contributed by atoms with E-state index in [1.54, 1.807) is 11.3 Å². The Morgan fingerprint density at radius 3 is 2.47 bits per heavy atom. The molecule has 160 valence electrons. The van der Waals surface area contributed by atoms with E-state index < -0.39 is 0 Å². The highest BCUT2D eigenvalue weighted by Crippen LogP contribution is 2.16. The van der Waals surface area contributed by atoms with Crippen molar-refractivity contribution in [1.29, 1.82) is 0 Å². The Bertz CT molecular complexity index is 932. The van der Waals surface area contributed by atoms with Gasteiger partial charge >= 0.3 is 0 Å². The van der Waals surface area contributed by atoms with Crippen LogP contribution in [0.15, 0.2) is 52.8 Å². The smallest absolute Gasteiger partial charge is 0.194 e. The van der Waals surface area contributed by atoms with E-state index in [-0.39, 0.29) is 24.0 Å². The fraction of sp³-hybridized carbons (Fsp3) is 0.381. The van der Waals surface area contributed by atoms with Crippen molar-refractivity contribution in [2.24, 2.45) is 12.0 Å². The summed E-state index contributed by atoms with van der Waals surface area (Å²) in [5.74, 6) is 2.72. The molecule has 0 aliphatic carbocycles. The average molecular weight is 537 g/mol. The van der Waals surface area contributed by atoms with Crippen molar-refractivity contribution in [3.63, 3.8) is 0 Å². The predicted molar refractivity (Wildman–Crippen MR) is 134 cm³/mol. The molecule has 2 aromatic heterocycles.